The fourth-order valence-electron chi connectivity index (χ4n) is 2.04. The molecule has 0 unspecified atom stereocenters. The Hall–Kier alpha value is -3.22. The lowest BCUT2D eigenvalue weighted by atomic mass is 10.1. The van der Waals surface area contributed by atoms with E-state index in [0.29, 0.717) is 5.69 Å². The van der Waals surface area contributed by atoms with Gasteiger partial charge in [-0.3, -0.25) is 14.9 Å². The van der Waals surface area contributed by atoms with Crippen LogP contribution in [0.2, 0.25) is 0 Å². The molecule has 0 radical (unpaired) electrons. The van der Waals surface area contributed by atoms with E-state index >= 15 is 0 Å². The molecule has 2 aromatic rings. The van der Waals surface area contributed by atoms with Gasteiger partial charge in [0.1, 0.15) is 0 Å². The van der Waals surface area contributed by atoms with E-state index in [0.717, 1.165) is 12.1 Å². The third-order valence-electron chi connectivity index (χ3n) is 3.24. The monoisotopic (exact) mass is 314 g/mol. The molecule has 0 bridgehead atoms. The van der Waals surface area contributed by atoms with Crippen LogP contribution in [0.3, 0.4) is 0 Å². The van der Waals surface area contributed by atoms with Crippen molar-refractivity contribution in [2.24, 2.45) is 0 Å². The normalized spacial score (nSPS) is 10.0. The number of nitro groups is 1. The first-order valence-electron chi connectivity index (χ1n) is 6.65. The number of ether oxygens (including phenoxy) is 1. The Kier molecular flexibility index (Phi) is 4.70. The summed E-state index contributed by atoms with van der Waals surface area (Å²) in [5.41, 5.74) is 0.263. The van der Waals surface area contributed by atoms with Gasteiger partial charge in [-0.2, -0.15) is 0 Å². The van der Waals surface area contributed by atoms with Crippen molar-refractivity contribution < 1.29 is 19.2 Å². The molecule has 0 N–H and O–H groups in total. The number of nitrogens with zero attached hydrogens (tertiary/aromatic N) is 2. The highest BCUT2D eigenvalue weighted by molar-refractivity contribution is 6.07. The minimum atomic E-state index is -0.745. The van der Waals surface area contributed by atoms with Crippen molar-refractivity contribution in [3.8, 4) is 0 Å². The predicted octanol–water partition coefficient (Wildman–Crippen LogP) is 2.66. The maximum atomic E-state index is 12.5. The Balaban J connectivity index is 2.45. The van der Waals surface area contributed by atoms with Crippen LogP contribution in [0.4, 0.5) is 11.4 Å². The van der Waals surface area contributed by atoms with Gasteiger partial charge in [-0.15, -0.1) is 0 Å². The maximum Gasteiger partial charge on any atom is 0.338 e. The van der Waals surface area contributed by atoms with Gasteiger partial charge in [0.25, 0.3) is 11.6 Å². The molecule has 7 nitrogen and oxygen atoms in total. The number of benzene rings is 2. The Bertz CT molecular complexity index is 758. The molecule has 0 aliphatic rings. The molecule has 23 heavy (non-hydrogen) atoms. The Labute approximate surface area is 132 Å². The number of esters is 1. The van der Waals surface area contributed by atoms with Crippen LogP contribution in [-0.2, 0) is 4.74 Å². The molecule has 0 atom stereocenters. The first kappa shape index (κ1) is 16.2. The number of rotatable bonds is 4. The van der Waals surface area contributed by atoms with Crippen LogP contribution in [0.5, 0.6) is 0 Å². The summed E-state index contributed by atoms with van der Waals surface area (Å²) < 4.78 is 4.56. The van der Waals surface area contributed by atoms with E-state index in [2.05, 4.69) is 4.74 Å². The van der Waals surface area contributed by atoms with Crippen molar-refractivity contribution in [3.63, 3.8) is 0 Å². The topological polar surface area (TPSA) is 89.8 Å². The van der Waals surface area contributed by atoms with E-state index < -0.39 is 16.8 Å². The summed E-state index contributed by atoms with van der Waals surface area (Å²) in [7, 11) is 2.72. The van der Waals surface area contributed by atoms with Crippen molar-refractivity contribution in [3.05, 3.63) is 69.8 Å². The molecule has 0 fully saturated rings. The molecule has 2 aromatic carbocycles. The number of hydrogen-bond donors (Lipinski definition) is 0. The zero-order chi connectivity index (χ0) is 17.0. The van der Waals surface area contributed by atoms with Crippen molar-refractivity contribution in [1.29, 1.82) is 0 Å². The van der Waals surface area contributed by atoms with Crippen molar-refractivity contribution in [2.45, 2.75) is 0 Å². The van der Waals surface area contributed by atoms with Gasteiger partial charge in [-0.1, -0.05) is 18.2 Å². The number of carbonyl (C=O) groups is 2. The molecule has 0 aromatic heterocycles. The smallest absolute Gasteiger partial charge is 0.338 e. The summed E-state index contributed by atoms with van der Waals surface area (Å²) in [5.74, 6) is -1.21. The SMILES string of the molecule is COC(=O)c1cc(C(=O)N(C)c2ccccc2)cc([N+](=O)[O-])c1. The highest BCUT2D eigenvalue weighted by Gasteiger charge is 2.21. The molecule has 0 aliphatic heterocycles. The molecule has 0 saturated carbocycles. The summed E-state index contributed by atoms with van der Waals surface area (Å²) in [5, 5.41) is 11.0. The van der Waals surface area contributed by atoms with Crippen molar-refractivity contribution in [1.82, 2.24) is 0 Å². The Morgan fingerprint density at radius 3 is 2.26 bits per heavy atom. The van der Waals surface area contributed by atoms with Crippen LogP contribution < -0.4 is 4.90 Å². The van der Waals surface area contributed by atoms with Gasteiger partial charge >= 0.3 is 5.97 Å². The second kappa shape index (κ2) is 6.69. The zero-order valence-electron chi connectivity index (χ0n) is 12.6. The first-order valence-corrected chi connectivity index (χ1v) is 6.65. The van der Waals surface area contributed by atoms with Crippen LogP contribution in [0, 0.1) is 10.1 Å². The quantitative estimate of drug-likeness (QED) is 0.491. The standard InChI is InChI=1S/C16H14N2O5/c1-17(13-6-4-3-5-7-13)15(19)11-8-12(16(20)23-2)10-14(9-11)18(21)22/h3-10H,1-2H3. The molecule has 0 aliphatic carbocycles. The van der Waals surface area contributed by atoms with E-state index in [1.165, 1.54) is 18.1 Å². The third-order valence-corrected chi connectivity index (χ3v) is 3.24. The van der Waals surface area contributed by atoms with E-state index in [1.807, 2.05) is 6.07 Å². The van der Waals surface area contributed by atoms with Crippen LogP contribution >= 0.6 is 0 Å². The fourth-order valence-corrected chi connectivity index (χ4v) is 2.04. The molecular weight excluding hydrogens is 300 g/mol. The average molecular weight is 314 g/mol. The fraction of sp³-hybridized carbons (Fsp3) is 0.125. The molecular formula is C16H14N2O5. The minimum Gasteiger partial charge on any atom is -0.465 e. The Morgan fingerprint density at radius 2 is 1.70 bits per heavy atom. The van der Waals surface area contributed by atoms with Gasteiger partial charge in [0.2, 0.25) is 0 Å². The maximum absolute atomic E-state index is 12.5. The van der Waals surface area contributed by atoms with Crippen molar-refractivity contribution >= 4 is 23.3 Å². The number of anilines is 1. The van der Waals surface area contributed by atoms with Gasteiger partial charge in [-0.05, 0) is 18.2 Å². The molecule has 0 saturated heterocycles. The minimum absolute atomic E-state index is 0.0333. The number of nitro benzene ring substituents is 1. The summed E-state index contributed by atoms with van der Waals surface area (Å²) >= 11 is 0. The number of para-hydroxylation sites is 1. The zero-order valence-corrected chi connectivity index (χ0v) is 12.6. The van der Waals surface area contributed by atoms with Crippen LogP contribution in [0.1, 0.15) is 20.7 Å². The van der Waals surface area contributed by atoms with Crippen LogP contribution in [0.15, 0.2) is 48.5 Å². The van der Waals surface area contributed by atoms with Crippen LogP contribution in [0.25, 0.3) is 0 Å². The number of non-ortho nitro benzene ring substituents is 1. The number of methoxy groups -OCH3 is 1. The van der Waals surface area contributed by atoms with Gasteiger partial charge in [0.05, 0.1) is 17.6 Å². The van der Waals surface area contributed by atoms with E-state index in [-0.39, 0.29) is 16.8 Å². The average Bonchev–Trinajstić information content (AvgIpc) is 2.59. The molecule has 1 amide bonds. The van der Waals surface area contributed by atoms with Gasteiger partial charge in [0, 0.05) is 30.4 Å². The van der Waals surface area contributed by atoms with Gasteiger partial charge < -0.3 is 9.64 Å². The predicted molar refractivity (Wildman–Crippen MR) is 83.6 cm³/mol. The first-order chi connectivity index (χ1) is 10.9. The lowest BCUT2D eigenvalue weighted by Crippen LogP contribution is -2.26. The third kappa shape index (κ3) is 3.52. The molecule has 118 valence electrons. The lowest BCUT2D eigenvalue weighted by molar-refractivity contribution is -0.384. The lowest BCUT2D eigenvalue weighted by Gasteiger charge is -2.17. The highest BCUT2D eigenvalue weighted by Crippen LogP contribution is 2.21. The van der Waals surface area contributed by atoms with E-state index in [1.54, 1.807) is 31.3 Å². The van der Waals surface area contributed by atoms with Crippen molar-refractivity contribution in [2.75, 3.05) is 19.1 Å². The summed E-state index contributed by atoms with van der Waals surface area (Å²) in [6.45, 7) is 0. The summed E-state index contributed by atoms with van der Waals surface area (Å²) in [6, 6.07) is 12.3. The van der Waals surface area contributed by atoms with Gasteiger partial charge in [-0.25, -0.2) is 4.79 Å². The van der Waals surface area contributed by atoms with Gasteiger partial charge in [0.15, 0.2) is 0 Å². The molecule has 7 heteroatoms. The van der Waals surface area contributed by atoms with E-state index in [9.17, 15) is 19.7 Å². The molecule has 2 rings (SSSR count). The summed E-state index contributed by atoms with van der Waals surface area (Å²) in [6.07, 6.45) is 0. The highest BCUT2D eigenvalue weighted by atomic mass is 16.6. The molecule has 0 spiro atoms. The van der Waals surface area contributed by atoms with Crippen LogP contribution in [-0.4, -0.2) is 31.0 Å². The Morgan fingerprint density at radius 1 is 1.09 bits per heavy atom. The second-order valence-corrected chi connectivity index (χ2v) is 4.72. The number of carbonyl (C=O) groups excluding carboxylic acids is 2. The number of hydrogen-bond acceptors (Lipinski definition) is 5. The second-order valence-electron chi connectivity index (χ2n) is 4.72. The molecule has 0 heterocycles. The summed E-state index contributed by atoms with van der Waals surface area (Å²) in [4.78, 5) is 35.9. The number of amides is 1. The van der Waals surface area contributed by atoms with E-state index in [4.69, 9.17) is 0 Å². The largest absolute Gasteiger partial charge is 0.465 e.